The van der Waals surface area contributed by atoms with E-state index in [1.807, 2.05) is 0 Å². The molecule has 0 spiro atoms. The maximum atomic E-state index is 11.5. The van der Waals surface area contributed by atoms with E-state index < -0.39 is 0 Å². The molecule has 1 aliphatic carbocycles. The monoisotopic (exact) mass is 282 g/mol. The first-order valence-electron chi connectivity index (χ1n) is 6.95. The first-order valence-corrected chi connectivity index (χ1v) is 7.33. The Morgan fingerprint density at radius 2 is 2.11 bits per heavy atom. The average molecular weight is 283 g/mol. The molecule has 2 heterocycles. The number of aromatic amines is 1. The molecule has 1 aliphatic heterocycles. The molecule has 19 heavy (non-hydrogen) atoms. The lowest BCUT2D eigenvalue weighted by atomic mass is 10.0. The largest absolute Gasteiger partial charge is 0.355 e. The van der Waals surface area contributed by atoms with Crippen molar-refractivity contribution >= 4 is 17.4 Å². The molecule has 2 aliphatic rings. The van der Waals surface area contributed by atoms with Gasteiger partial charge >= 0.3 is 0 Å². The van der Waals surface area contributed by atoms with Crippen molar-refractivity contribution in [3.05, 3.63) is 21.7 Å². The quantitative estimate of drug-likeness (QED) is 0.876. The number of nitrogens with one attached hydrogen (secondary N) is 2. The van der Waals surface area contributed by atoms with Gasteiger partial charge in [0.15, 0.2) is 5.82 Å². The van der Waals surface area contributed by atoms with Gasteiger partial charge in [0.1, 0.15) is 5.02 Å². The van der Waals surface area contributed by atoms with Gasteiger partial charge in [-0.3, -0.25) is 4.79 Å². The zero-order valence-electron chi connectivity index (χ0n) is 10.9. The molecule has 2 fully saturated rings. The molecule has 1 aromatic heterocycles. The highest BCUT2D eigenvalue weighted by molar-refractivity contribution is 6.32. The average Bonchev–Trinajstić information content (AvgIpc) is 3.25. The molecule has 1 aromatic rings. The third-order valence-electron chi connectivity index (χ3n) is 3.96. The lowest BCUT2D eigenvalue weighted by Crippen LogP contribution is -2.43. The van der Waals surface area contributed by atoms with E-state index in [1.165, 1.54) is 19.2 Å². The molecule has 6 heteroatoms. The molecular formula is C13H19ClN4O. The Morgan fingerprint density at radius 1 is 1.37 bits per heavy atom. The molecule has 0 atom stereocenters. The van der Waals surface area contributed by atoms with Crippen LogP contribution in [-0.4, -0.2) is 35.6 Å². The molecule has 0 unspecified atom stereocenters. The van der Waals surface area contributed by atoms with Gasteiger partial charge < -0.3 is 15.2 Å². The van der Waals surface area contributed by atoms with Crippen molar-refractivity contribution in [2.75, 3.05) is 24.5 Å². The number of piperidine rings is 1. The summed E-state index contributed by atoms with van der Waals surface area (Å²) in [5, 5.41) is 3.83. The van der Waals surface area contributed by atoms with Crippen LogP contribution in [0.25, 0.3) is 0 Å². The van der Waals surface area contributed by atoms with Crippen molar-refractivity contribution in [2.45, 2.75) is 31.7 Å². The summed E-state index contributed by atoms with van der Waals surface area (Å²) >= 11 is 6.01. The number of hydrogen-bond acceptors (Lipinski definition) is 4. The van der Waals surface area contributed by atoms with Crippen LogP contribution in [-0.2, 0) is 0 Å². The third-order valence-corrected chi connectivity index (χ3v) is 4.31. The molecule has 5 nitrogen and oxygen atoms in total. The number of H-pyrrole nitrogens is 1. The molecule has 0 radical (unpaired) electrons. The maximum absolute atomic E-state index is 11.5. The van der Waals surface area contributed by atoms with Crippen LogP contribution in [0.1, 0.15) is 25.7 Å². The molecule has 1 saturated heterocycles. The van der Waals surface area contributed by atoms with Gasteiger partial charge in [0.2, 0.25) is 0 Å². The second-order valence-corrected chi connectivity index (χ2v) is 5.86. The summed E-state index contributed by atoms with van der Waals surface area (Å²) in [6.07, 6.45) is 6.35. The number of hydrogen-bond donors (Lipinski definition) is 2. The summed E-state index contributed by atoms with van der Waals surface area (Å²) < 4.78 is 0. The van der Waals surface area contributed by atoms with Crippen molar-refractivity contribution in [2.24, 2.45) is 5.92 Å². The summed E-state index contributed by atoms with van der Waals surface area (Å²) in [6, 6.07) is 0.595. The topological polar surface area (TPSA) is 61.0 Å². The maximum Gasteiger partial charge on any atom is 0.271 e. The van der Waals surface area contributed by atoms with Gasteiger partial charge in [0.25, 0.3) is 5.56 Å². The van der Waals surface area contributed by atoms with Crippen LogP contribution in [0.15, 0.2) is 11.1 Å². The van der Waals surface area contributed by atoms with E-state index in [-0.39, 0.29) is 10.6 Å². The van der Waals surface area contributed by atoms with Crippen LogP contribution in [0.3, 0.4) is 0 Å². The predicted molar refractivity (Wildman–Crippen MR) is 75.8 cm³/mol. The second kappa shape index (κ2) is 5.51. The predicted octanol–water partition coefficient (Wildman–Crippen LogP) is 1.39. The highest BCUT2D eigenvalue weighted by Gasteiger charge is 2.25. The zero-order valence-corrected chi connectivity index (χ0v) is 11.6. The number of aromatic nitrogens is 2. The van der Waals surface area contributed by atoms with E-state index >= 15 is 0 Å². The highest BCUT2D eigenvalue weighted by atomic mass is 35.5. The van der Waals surface area contributed by atoms with Gasteiger partial charge in [-0.25, -0.2) is 4.98 Å². The van der Waals surface area contributed by atoms with Crippen molar-refractivity contribution in [3.8, 4) is 0 Å². The van der Waals surface area contributed by atoms with Crippen LogP contribution in [0, 0.1) is 5.92 Å². The van der Waals surface area contributed by atoms with E-state index in [9.17, 15) is 4.79 Å². The minimum Gasteiger partial charge on any atom is -0.355 e. The molecule has 3 rings (SSSR count). The van der Waals surface area contributed by atoms with Crippen LogP contribution in [0.5, 0.6) is 0 Å². The molecular weight excluding hydrogens is 264 g/mol. The van der Waals surface area contributed by atoms with Gasteiger partial charge in [-0.15, -0.1) is 0 Å². The van der Waals surface area contributed by atoms with E-state index in [2.05, 4.69) is 20.2 Å². The standard InChI is InChI=1S/C13H19ClN4O/c14-11-12(16-8-17-13(11)19)18-5-3-10(4-6-18)15-7-9-1-2-9/h8-10,15H,1-7H2,(H,16,17,19). The van der Waals surface area contributed by atoms with Gasteiger partial charge in [0, 0.05) is 19.1 Å². The Morgan fingerprint density at radius 3 is 2.79 bits per heavy atom. The number of halogens is 1. The summed E-state index contributed by atoms with van der Waals surface area (Å²) in [5.74, 6) is 1.54. The van der Waals surface area contributed by atoms with E-state index in [1.54, 1.807) is 0 Å². The van der Waals surface area contributed by atoms with Crippen molar-refractivity contribution in [1.82, 2.24) is 15.3 Å². The van der Waals surface area contributed by atoms with Gasteiger partial charge in [0.05, 0.1) is 6.33 Å². The van der Waals surface area contributed by atoms with Crippen LogP contribution in [0.4, 0.5) is 5.82 Å². The molecule has 0 aromatic carbocycles. The van der Waals surface area contributed by atoms with Crippen LogP contribution in [0.2, 0.25) is 5.02 Å². The SMILES string of the molecule is O=c1[nH]cnc(N2CCC(NCC3CC3)CC2)c1Cl. The number of rotatable bonds is 4. The van der Waals surface area contributed by atoms with Crippen molar-refractivity contribution in [1.29, 1.82) is 0 Å². The van der Waals surface area contributed by atoms with Crippen molar-refractivity contribution in [3.63, 3.8) is 0 Å². The van der Waals surface area contributed by atoms with Gasteiger partial charge in [-0.1, -0.05) is 11.6 Å². The third kappa shape index (κ3) is 3.09. The fraction of sp³-hybridized carbons (Fsp3) is 0.692. The summed E-state index contributed by atoms with van der Waals surface area (Å²) in [5.41, 5.74) is -0.263. The molecule has 1 saturated carbocycles. The van der Waals surface area contributed by atoms with Gasteiger partial charge in [-0.2, -0.15) is 0 Å². The highest BCUT2D eigenvalue weighted by Crippen LogP contribution is 2.28. The smallest absolute Gasteiger partial charge is 0.271 e. The Kier molecular flexibility index (Phi) is 3.75. The van der Waals surface area contributed by atoms with Crippen molar-refractivity contribution < 1.29 is 0 Å². The molecule has 0 amide bonds. The Labute approximate surface area is 117 Å². The lowest BCUT2D eigenvalue weighted by Gasteiger charge is -2.33. The fourth-order valence-corrected chi connectivity index (χ4v) is 2.77. The van der Waals surface area contributed by atoms with E-state index in [0.29, 0.717) is 11.9 Å². The first kappa shape index (κ1) is 12.9. The van der Waals surface area contributed by atoms with Crippen LogP contribution < -0.4 is 15.8 Å². The molecule has 0 bridgehead atoms. The van der Waals surface area contributed by atoms with E-state index in [0.717, 1.165) is 38.4 Å². The summed E-state index contributed by atoms with van der Waals surface area (Å²) in [6.45, 7) is 2.96. The second-order valence-electron chi connectivity index (χ2n) is 5.48. The fourth-order valence-electron chi connectivity index (χ4n) is 2.54. The summed E-state index contributed by atoms with van der Waals surface area (Å²) in [4.78, 5) is 20.2. The number of anilines is 1. The lowest BCUT2D eigenvalue weighted by molar-refractivity contribution is 0.407. The minimum atomic E-state index is -0.263. The van der Waals surface area contributed by atoms with Gasteiger partial charge in [-0.05, 0) is 38.1 Å². The normalized spacial score (nSPS) is 20.8. The molecule has 104 valence electrons. The zero-order chi connectivity index (χ0) is 13.2. The Bertz CT molecular complexity index is 492. The Balaban J connectivity index is 1.56. The first-order chi connectivity index (χ1) is 9.24. The summed E-state index contributed by atoms with van der Waals surface area (Å²) in [7, 11) is 0. The molecule has 2 N–H and O–H groups in total. The minimum absolute atomic E-state index is 0.201. The number of nitrogens with zero attached hydrogens (tertiary/aromatic N) is 2. The van der Waals surface area contributed by atoms with E-state index in [4.69, 9.17) is 11.6 Å². The Hall–Kier alpha value is -1.07. The van der Waals surface area contributed by atoms with Crippen LogP contribution >= 0.6 is 11.6 Å².